The van der Waals surface area contributed by atoms with Crippen molar-refractivity contribution in [2.24, 2.45) is 0 Å². The van der Waals surface area contributed by atoms with Crippen molar-refractivity contribution >= 4 is 23.4 Å². The summed E-state index contributed by atoms with van der Waals surface area (Å²) in [6, 6.07) is 8.03. The quantitative estimate of drug-likeness (QED) is 0.602. The van der Waals surface area contributed by atoms with Crippen LogP contribution in [0.2, 0.25) is 0 Å². The van der Waals surface area contributed by atoms with E-state index in [0.717, 1.165) is 5.75 Å². The molecule has 0 amide bonds. The molecule has 2 rings (SSSR count). The standard InChI is InChI=1S/C9H8O.Al.Co/c1-2-6-9-8(4-1)5-3-7-10-9;;/h1-6H,7H2;;. The Kier molecular flexibility index (Phi) is 5.35. The number of para-hydroxylation sites is 1. The molecule has 1 aromatic rings. The fraction of sp³-hybridized carbons (Fsp3) is 0.111. The van der Waals surface area contributed by atoms with Gasteiger partial charge in [0.05, 0.1) is 0 Å². The maximum atomic E-state index is 5.34. The second kappa shape index (κ2) is 5.45. The van der Waals surface area contributed by atoms with Crippen LogP contribution in [0.4, 0.5) is 0 Å². The number of rotatable bonds is 0. The molecule has 1 aromatic carbocycles. The predicted molar refractivity (Wildman–Crippen MR) is 46.7 cm³/mol. The van der Waals surface area contributed by atoms with Gasteiger partial charge in [0.2, 0.25) is 0 Å². The molecule has 0 aliphatic carbocycles. The molecule has 0 unspecified atom stereocenters. The minimum atomic E-state index is 0. The maximum absolute atomic E-state index is 5.34. The number of fused-ring (bicyclic) bond motifs is 1. The van der Waals surface area contributed by atoms with Gasteiger partial charge >= 0.3 is 0 Å². The zero-order valence-electron chi connectivity index (χ0n) is 6.49. The fourth-order valence-electron chi connectivity index (χ4n) is 1.06. The molecule has 0 spiro atoms. The normalized spacial score (nSPS) is 11.7. The van der Waals surface area contributed by atoms with Crippen molar-refractivity contribution in [2.45, 2.75) is 0 Å². The fourth-order valence-corrected chi connectivity index (χ4v) is 1.06. The van der Waals surface area contributed by atoms with E-state index in [1.807, 2.05) is 30.3 Å². The summed E-state index contributed by atoms with van der Waals surface area (Å²) in [5, 5.41) is 0. The Balaban J connectivity index is 0.000000605. The summed E-state index contributed by atoms with van der Waals surface area (Å²) in [5.41, 5.74) is 1.17. The van der Waals surface area contributed by atoms with Crippen molar-refractivity contribution < 1.29 is 21.5 Å². The van der Waals surface area contributed by atoms with Crippen LogP contribution in [-0.4, -0.2) is 24.0 Å². The first-order chi connectivity index (χ1) is 4.97. The van der Waals surface area contributed by atoms with Crippen LogP contribution in [0.5, 0.6) is 5.75 Å². The minimum absolute atomic E-state index is 0. The minimum Gasteiger partial charge on any atom is -0.489 e. The van der Waals surface area contributed by atoms with Gasteiger partial charge < -0.3 is 4.74 Å². The maximum Gasteiger partial charge on any atom is 0.126 e. The molecular weight excluding hydrogens is 210 g/mol. The van der Waals surface area contributed by atoms with Gasteiger partial charge in [-0.15, -0.1) is 0 Å². The van der Waals surface area contributed by atoms with E-state index in [0.29, 0.717) is 6.61 Å². The zero-order chi connectivity index (χ0) is 6.81. The van der Waals surface area contributed by atoms with Gasteiger partial charge in [0.25, 0.3) is 0 Å². The van der Waals surface area contributed by atoms with Crippen LogP contribution in [0, 0.1) is 0 Å². The van der Waals surface area contributed by atoms with Crippen LogP contribution >= 0.6 is 0 Å². The van der Waals surface area contributed by atoms with Gasteiger partial charge in [-0.3, -0.25) is 0 Å². The zero-order valence-corrected chi connectivity index (χ0v) is 8.69. The van der Waals surface area contributed by atoms with E-state index in [4.69, 9.17) is 4.74 Å². The SMILES string of the molecule is C1=Cc2ccccc2OC1.[Al].[Co]. The van der Waals surface area contributed by atoms with E-state index < -0.39 is 0 Å². The van der Waals surface area contributed by atoms with Crippen molar-refractivity contribution in [3.63, 3.8) is 0 Å². The van der Waals surface area contributed by atoms with Crippen LogP contribution < -0.4 is 4.74 Å². The van der Waals surface area contributed by atoms with E-state index in [1.54, 1.807) is 0 Å². The molecule has 0 atom stereocenters. The molecule has 0 aromatic heterocycles. The molecule has 0 saturated carbocycles. The van der Waals surface area contributed by atoms with Gasteiger partial charge in [0, 0.05) is 39.7 Å². The molecule has 0 saturated heterocycles. The Morgan fingerprint density at radius 2 is 1.92 bits per heavy atom. The molecule has 1 aliphatic rings. The molecule has 4 radical (unpaired) electrons. The average Bonchev–Trinajstić information content (AvgIpc) is 2.05. The van der Waals surface area contributed by atoms with Crippen LogP contribution in [0.15, 0.2) is 30.3 Å². The number of hydrogen-bond acceptors (Lipinski definition) is 1. The smallest absolute Gasteiger partial charge is 0.126 e. The summed E-state index contributed by atoms with van der Waals surface area (Å²) < 4.78 is 5.34. The molecule has 0 fully saturated rings. The first-order valence-corrected chi connectivity index (χ1v) is 3.35. The third-order valence-electron chi connectivity index (χ3n) is 1.55. The summed E-state index contributed by atoms with van der Waals surface area (Å²) in [6.45, 7) is 0.705. The van der Waals surface area contributed by atoms with Gasteiger partial charge in [0.1, 0.15) is 12.4 Å². The molecule has 62 valence electrons. The third-order valence-corrected chi connectivity index (χ3v) is 1.55. The molecule has 0 N–H and O–H groups in total. The van der Waals surface area contributed by atoms with Gasteiger partial charge in [-0.1, -0.05) is 24.3 Å². The molecule has 3 heteroatoms. The molecular formula is C9H8AlCoO. The topological polar surface area (TPSA) is 9.23 Å². The average molecular weight is 218 g/mol. The van der Waals surface area contributed by atoms with Gasteiger partial charge in [-0.05, 0) is 12.1 Å². The van der Waals surface area contributed by atoms with Crippen molar-refractivity contribution in [1.29, 1.82) is 0 Å². The largest absolute Gasteiger partial charge is 0.489 e. The molecule has 12 heavy (non-hydrogen) atoms. The summed E-state index contributed by atoms with van der Waals surface area (Å²) in [4.78, 5) is 0. The Bertz CT molecular complexity index is 273. The molecule has 1 heterocycles. The Morgan fingerprint density at radius 1 is 1.17 bits per heavy atom. The van der Waals surface area contributed by atoms with Gasteiger partial charge in [-0.2, -0.15) is 0 Å². The molecule has 1 nitrogen and oxygen atoms in total. The predicted octanol–water partition coefficient (Wildman–Crippen LogP) is 1.71. The number of ether oxygens (including phenoxy) is 1. The van der Waals surface area contributed by atoms with Crippen LogP contribution in [0.1, 0.15) is 5.56 Å². The summed E-state index contributed by atoms with van der Waals surface area (Å²) in [7, 11) is 0. The first kappa shape index (κ1) is 11.8. The number of hydrogen-bond donors (Lipinski definition) is 0. The van der Waals surface area contributed by atoms with E-state index in [-0.39, 0.29) is 34.1 Å². The van der Waals surface area contributed by atoms with Crippen LogP contribution in [-0.2, 0) is 16.8 Å². The Morgan fingerprint density at radius 3 is 2.67 bits per heavy atom. The summed E-state index contributed by atoms with van der Waals surface area (Å²) in [5.74, 6) is 0.991. The molecule has 0 bridgehead atoms. The van der Waals surface area contributed by atoms with E-state index in [1.165, 1.54) is 5.56 Å². The monoisotopic (exact) mass is 218 g/mol. The van der Waals surface area contributed by atoms with Crippen molar-refractivity contribution in [1.82, 2.24) is 0 Å². The van der Waals surface area contributed by atoms with Gasteiger partial charge in [-0.25, -0.2) is 0 Å². The van der Waals surface area contributed by atoms with Crippen LogP contribution in [0.25, 0.3) is 6.08 Å². The van der Waals surface area contributed by atoms with E-state index in [9.17, 15) is 0 Å². The second-order valence-corrected chi connectivity index (χ2v) is 2.25. The second-order valence-electron chi connectivity index (χ2n) is 2.25. The van der Waals surface area contributed by atoms with E-state index in [2.05, 4.69) is 6.08 Å². The van der Waals surface area contributed by atoms with Crippen LogP contribution in [0.3, 0.4) is 0 Å². The van der Waals surface area contributed by atoms with Crippen molar-refractivity contribution in [3.05, 3.63) is 35.9 Å². The molecule has 1 aliphatic heterocycles. The van der Waals surface area contributed by atoms with Crippen molar-refractivity contribution in [2.75, 3.05) is 6.61 Å². The summed E-state index contributed by atoms with van der Waals surface area (Å²) >= 11 is 0. The Hall–Kier alpha value is -0.201. The summed E-state index contributed by atoms with van der Waals surface area (Å²) in [6.07, 6.45) is 4.10. The van der Waals surface area contributed by atoms with E-state index >= 15 is 0 Å². The number of benzene rings is 1. The Labute approximate surface area is 93.1 Å². The third kappa shape index (κ3) is 2.39. The van der Waals surface area contributed by atoms with Crippen molar-refractivity contribution in [3.8, 4) is 5.75 Å². The first-order valence-electron chi connectivity index (χ1n) is 3.35. The van der Waals surface area contributed by atoms with Gasteiger partial charge in [0.15, 0.2) is 0 Å².